The molecule has 0 aromatic heterocycles. The van der Waals surface area contributed by atoms with E-state index in [0.29, 0.717) is 18.6 Å². The van der Waals surface area contributed by atoms with E-state index in [1.165, 1.54) is 5.01 Å². The molecule has 100 valence electrons. The van der Waals surface area contributed by atoms with Crippen molar-refractivity contribution in [1.82, 2.24) is 5.01 Å². The van der Waals surface area contributed by atoms with Gasteiger partial charge in [-0.2, -0.15) is 5.10 Å². The molecule has 0 spiro atoms. The van der Waals surface area contributed by atoms with Crippen molar-refractivity contribution in [3.63, 3.8) is 0 Å². The van der Waals surface area contributed by atoms with Crippen molar-refractivity contribution < 1.29 is 9.59 Å². The Labute approximate surface area is 112 Å². The number of nitrogens with one attached hydrogen (secondary N) is 1. The highest BCUT2D eigenvalue weighted by Gasteiger charge is 2.22. The number of benzene rings is 1. The Kier molecular flexibility index (Phi) is 3.64. The second-order valence-electron chi connectivity index (χ2n) is 4.67. The van der Waals surface area contributed by atoms with Crippen molar-refractivity contribution in [2.45, 2.75) is 26.7 Å². The van der Waals surface area contributed by atoms with E-state index in [0.717, 1.165) is 16.8 Å². The van der Waals surface area contributed by atoms with Crippen LogP contribution in [-0.2, 0) is 9.59 Å². The number of carbonyl (C=O) groups is 2. The number of hydrazone groups is 1. The third-order valence-corrected chi connectivity index (χ3v) is 3.32. The monoisotopic (exact) mass is 259 g/mol. The van der Waals surface area contributed by atoms with Crippen molar-refractivity contribution in [2.24, 2.45) is 5.10 Å². The lowest BCUT2D eigenvalue weighted by Crippen LogP contribution is -2.34. The summed E-state index contributed by atoms with van der Waals surface area (Å²) in [6, 6.07) is 5.75. The summed E-state index contributed by atoms with van der Waals surface area (Å²) in [6.45, 7) is 3.96. The number of nitrogens with zero attached hydrogens (tertiary/aromatic N) is 2. The van der Waals surface area contributed by atoms with Gasteiger partial charge >= 0.3 is 0 Å². The van der Waals surface area contributed by atoms with Gasteiger partial charge in [-0.25, -0.2) is 5.01 Å². The Morgan fingerprint density at radius 3 is 2.74 bits per heavy atom. The number of hydrogen-bond donors (Lipinski definition) is 1. The molecule has 0 fully saturated rings. The Hall–Kier alpha value is -2.17. The van der Waals surface area contributed by atoms with Crippen LogP contribution in [0.4, 0.5) is 5.69 Å². The molecule has 5 nitrogen and oxygen atoms in total. The fraction of sp³-hybridized carbons (Fsp3) is 0.357. The van der Waals surface area contributed by atoms with Crippen LogP contribution < -0.4 is 5.32 Å². The van der Waals surface area contributed by atoms with Crippen LogP contribution in [0.3, 0.4) is 0 Å². The smallest absolute Gasteiger partial charge is 0.271 e. The van der Waals surface area contributed by atoms with Crippen molar-refractivity contribution in [2.75, 3.05) is 12.4 Å². The van der Waals surface area contributed by atoms with Crippen LogP contribution in [0.5, 0.6) is 0 Å². The highest BCUT2D eigenvalue weighted by Crippen LogP contribution is 2.18. The summed E-state index contributed by atoms with van der Waals surface area (Å²) in [7, 11) is 1.56. The number of aryl methyl sites for hydroxylation is 1. The maximum absolute atomic E-state index is 12.1. The molecule has 0 saturated carbocycles. The van der Waals surface area contributed by atoms with Crippen molar-refractivity contribution >= 4 is 23.2 Å². The highest BCUT2D eigenvalue weighted by molar-refractivity contribution is 6.43. The Morgan fingerprint density at radius 2 is 2.05 bits per heavy atom. The molecule has 0 bridgehead atoms. The van der Waals surface area contributed by atoms with Crippen LogP contribution in [-0.4, -0.2) is 29.6 Å². The van der Waals surface area contributed by atoms with Gasteiger partial charge in [-0.05, 0) is 31.0 Å². The Balaban J connectivity index is 2.16. The van der Waals surface area contributed by atoms with Crippen LogP contribution in [0.2, 0.25) is 0 Å². The molecule has 0 radical (unpaired) electrons. The van der Waals surface area contributed by atoms with Gasteiger partial charge in [-0.1, -0.05) is 12.1 Å². The highest BCUT2D eigenvalue weighted by atomic mass is 16.2. The molecule has 1 aromatic rings. The molecule has 0 aliphatic carbocycles. The van der Waals surface area contributed by atoms with Gasteiger partial charge in [0.1, 0.15) is 5.71 Å². The van der Waals surface area contributed by atoms with Crippen LogP contribution in [0.25, 0.3) is 0 Å². The van der Waals surface area contributed by atoms with E-state index in [1.807, 2.05) is 32.0 Å². The van der Waals surface area contributed by atoms with Gasteiger partial charge in [0.05, 0.1) is 0 Å². The van der Waals surface area contributed by atoms with Gasteiger partial charge in [-0.15, -0.1) is 0 Å². The van der Waals surface area contributed by atoms with Crippen LogP contribution in [0.1, 0.15) is 24.0 Å². The first-order valence-electron chi connectivity index (χ1n) is 6.20. The molecule has 1 aliphatic rings. The topological polar surface area (TPSA) is 61.8 Å². The fourth-order valence-electron chi connectivity index (χ4n) is 1.91. The van der Waals surface area contributed by atoms with E-state index < -0.39 is 0 Å². The largest absolute Gasteiger partial charge is 0.321 e. The first-order valence-corrected chi connectivity index (χ1v) is 6.20. The number of carbonyl (C=O) groups excluding carboxylic acids is 2. The molecule has 1 aliphatic heterocycles. The van der Waals surface area contributed by atoms with Gasteiger partial charge in [0, 0.05) is 25.6 Å². The van der Waals surface area contributed by atoms with Gasteiger partial charge in [0.2, 0.25) is 5.91 Å². The first-order chi connectivity index (χ1) is 8.99. The summed E-state index contributed by atoms with van der Waals surface area (Å²) in [5.41, 5.74) is 3.34. The zero-order valence-electron chi connectivity index (χ0n) is 11.4. The van der Waals surface area contributed by atoms with E-state index in [4.69, 9.17) is 0 Å². The van der Waals surface area contributed by atoms with Crippen molar-refractivity contribution in [1.29, 1.82) is 0 Å². The normalized spacial score (nSPS) is 15.2. The predicted molar refractivity (Wildman–Crippen MR) is 74.0 cm³/mol. The summed E-state index contributed by atoms with van der Waals surface area (Å²) < 4.78 is 0. The minimum absolute atomic E-state index is 0.0664. The third kappa shape index (κ3) is 2.81. The third-order valence-electron chi connectivity index (χ3n) is 3.32. The predicted octanol–water partition coefficient (Wildman–Crippen LogP) is 1.85. The second-order valence-corrected chi connectivity index (χ2v) is 4.67. The van der Waals surface area contributed by atoms with Crippen molar-refractivity contribution in [3.05, 3.63) is 29.3 Å². The minimum Gasteiger partial charge on any atom is -0.321 e. The van der Waals surface area contributed by atoms with E-state index in [1.54, 1.807) is 7.05 Å². The first kappa shape index (κ1) is 13.3. The minimum atomic E-state index is -0.243. The van der Waals surface area contributed by atoms with Gasteiger partial charge < -0.3 is 5.32 Å². The molecule has 2 amide bonds. The van der Waals surface area contributed by atoms with Gasteiger partial charge in [0.15, 0.2) is 0 Å². The maximum atomic E-state index is 12.1. The Bertz CT molecular complexity index is 564. The number of rotatable bonds is 2. The summed E-state index contributed by atoms with van der Waals surface area (Å²) >= 11 is 0. The van der Waals surface area contributed by atoms with Crippen LogP contribution >= 0.6 is 0 Å². The maximum Gasteiger partial charge on any atom is 0.271 e. The lowest BCUT2D eigenvalue weighted by Gasteiger charge is -2.19. The number of anilines is 1. The number of hydrogen-bond acceptors (Lipinski definition) is 3. The summed E-state index contributed by atoms with van der Waals surface area (Å²) in [5, 5.41) is 8.07. The lowest BCUT2D eigenvalue weighted by atomic mass is 10.1. The molecule has 1 aromatic carbocycles. The summed E-state index contributed by atoms with van der Waals surface area (Å²) in [5.74, 6) is -0.309. The van der Waals surface area contributed by atoms with Crippen molar-refractivity contribution in [3.8, 4) is 0 Å². The lowest BCUT2D eigenvalue weighted by molar-refractivity contribution is -0.130. The number of amides is 2. The molecule has 5 heteroatoms. The molecule has 1 N–H and O–H groups in total. The van der Waals surface area contributed by atoms with Gasteiger partial charge in [0.25, 0.3) is 5.91 Å². The quantitative estimate of drug-likeness (QED) is 0.881. The molecule has 0 saturated heterocycles. The molecule has 1 heterocycles. The van der Waals surface area contributed by atoms with E-state index >= 15 is 0 Å². The molecular formula is C14H17N3O2. The van der Waals surface area contributed by atoms with E-state index in [2.05, 4.69) is 10.4 Å². The summed E-state index contributed by atoms with van der Waals surface area (Å²) in [4.78, 5) is 23.4. The molecule has 0 unspecified atom stereocenters. The van der Waals surface area contributed by atoms with E-state index in [9.17, 15) is 9.59 Å². The van der Waals surface area contributed by atoms with Gasteiger partial charge in [-0.3, -0.25) is 9.59 Å². The standard InChI is InChI=1S/C14H17N3O2/c1-9-5-4-6-11(10(9)2)15-14(19)12-7-8-13(18)17(3)16-12/h4-6H,7-8H2,1-3H3,(H,15,19). The molecule has 0 atom stereocenters. The van der Waals surface area contributed by atoms with E-state index in [-0.39, 0.29) is 11.8 Å². The summed E-state index contributed by atoms with van der Waals surface area (Å²) in [6.07, 6.45) is 0.718. The second kappa shape index (κ2) is 5.22. The average molecular weight is 259 g/mol. The fourth-order valence-corrected chi connectivity index (χ4v) is 1.91. The van der Waals surface area contributed by atoms with Crippen LogP contribution in [0, 0.1) is 13.8 Å². The molecule has 2 rings (SSSR count). The Morgan fingerprint density at radius 1 is 1.32 bits per heavy atom. The SMILES string of the molecule is Cc1cccc(NC(=O)C2=NN(C)C(=O)CC2)c1C. The van der Waals surface area contributed by atoms with Crippen LogP contribution in [0.15, 0.2) is 23.3 Å². The zero-order chi connectivity index (χ0) is 14.0. The molecular weight excluding hydrogens is 242 g/mol. The zero-order valence-corrected chi connectivity index (χ0v) is 11.4. The molecule has 19 heavy (non-hydrogen) atoms. The average Bonchev–Trinajstić information content (AvgIpc) is 2.38.